The largest absolute Gasteiger partial charge is 0.490 e. The second-order valence-corrected chi connectivity index (χ2v) is 8.09. The minimum Gasteiger partial charge on any atom is -0.490 e. The molecule has 5 rings (SSSR count). The Morgan fingerprint density at radius 3 is 2.65 bits per heavy atom. The van der Waals surface area contributed by atoms with Crippen LogP contribution < -0.4 is 19.5 Å². The number of anilines is 1. The first-order chi connectivity index (χ1) is 15.2. The molecule has 7 heteroatoms. The average molecular weight is 433 g/mol. The van der Waals surface area contributed by atoms with Crippen LogP contribution in [0.2, 0.25) is 0 Å². The maximum atomic E-state index is 12.3. The monoisotopic (exact) mass is 432 g/mol. The van der Waals surface area contributed by atoms with Gasteiger partial charge in [0.2, 0.25) is 0 Å². The number of benzene rings is 3. The van der Waals surface area contributed by atoms with Gasteiger partial charge in [-0.3, -0.25) is 4.79 Å². The van der Waals surface area contributed by atoms with Gasteiger partial charge in [0, 0.05) is 23.7 Å². The SMILES string of the molecule is O=C(COc1ccc(-c2nc3ccccc3s2)cc1)Nc1ccc2c(c1)OCCCO2. The number of rotatable bonds is 5. The van der Waals surface area contributed by atoms with Crippen LogP contribution in [0, 0.1) is 0 Å². The Balaban J connectivity index is 1.19. The topological polar surface area (TPSA) is 69.7 Å². The minimum atomic E-state index is -0.246. The number of para-hydroxylation sites is 1. The summed E-state index contributed by atoms with van der Waals surface area (Å²) in [4.78, 5) is 17.0. The van der Waals surface area contributed by atoms with Gasteiger partial charge in [0.05, 0.1) is 23.4 Å². The van der Waals surface area contributed by atoms with Crippen molar-refractivity contribution in [1.82, 2.24) is 4.98 Å². The summed E-state index contributed by atoms with van der Waals surface area (Å²) >= 11 is 1.65. The van der Waals surface area contributed by atoms with E-state index in [1.165, 1.54) is 0 Å². The van der Waals surface area contributed by atoms with Crippen LogP contribution in [0.3, 0.4) is 0 Å². The summed E-state index contributed by atoms with van der Waals surface area (Å²) in [6.45, 7) is 1.14. The number of nitrogens with one attached hydrogen (secondary N) is 1. The molecule has 0 radical (unpaired) electrons. The number of fused-ring (bicyclic) bond motifs is 2. The Kier molecular flexibility index (Phi) is 5.41. The number of carbonyl (C=O) groups excluding carboxylic acids is 1. The van der Waals surface area contributed by atoms with E-state index in [9.17, 15) is 4.79 Å². The lowest BCUT2D eigenvalue weighted by Gasteiger charge is -2.11. The summed E-state index contributed by atoms with van der Waals surface area (Å²) < 4.78 is 18.1. The molecule has 0 saturated heterocycles. The number of nitrogens with zero attached hydrogens (tertiary/aromatic N) is 1. The maximum absolute atomic E-state index is 12.3. The molecule has 0 unspecified atom stereocenters. The number of hydrogen-bond donors (Lipinski definition) is 1. The van der Waals surface area contributed by atoms with Gasteiger partial charge in [-0.05, 0) is 48.5 Å². The molecule has 2 heterocycles. The summed E-state index contributed by atoms with van der Waals surface area (Å²) in [5.41, 5.74) is 2.66. The van der Waals surface area contributed by atoms with Gasteiger partial charge in [-0.25, -0.2) is 4.98 Å². The Labute approximate surface area is 183 Å². The molecule has 6 nitrogen and oxygen atoms in total. The Morgan fingerprint density at radius 1 is 1.00 bits per heavy atom. The Hall–Kier alpha value is -3.58. The molecule has 31 heavy (non-hydrogen) atoms. The van der Waals surface area contributed by atoms with Gasteiger partial charge in [-0.2, -0.15) is 0 Å². The van der Waals surface area contributed by atoms with E-state index in [2.05, 4.69) is 16.4 Å². The van der Waals surface area contributed by atoms with Crippen molar-refractivity contribution < 1.29 is 19.0 Å². The molecular weight excluding hydrogens is 412 g/mol. The molecule has 1 aromatic heterocycles. The predicted octanol–water partition coefficient (Wildman–Crippen LogP) is 5.14. The van der Waals surface area contributed by atoms with Crippen molar-refractivity contribution in [3.8, 4) is 27.8 Å². The first-order valence-corrected chi connectivity index (χ1v) is 10.8. The summed E-state index contributed by atoms with van der Waals surface area (Å²) in [6, 6.07) is 21.0. The van der Waals surface area contributed by atoms with Gasteiger partial charge >= 0.3 is 0 Å². The van der Waals surface area contributed by atoms with E-state index in [0.29, 0.717) is 36.1 Å². The van der Waals surface area contributed by atoms with Crippen LogP contribution in [0.5, 0.6) is 17.2 Å². The number of hydrogen-bond acceptors (Lipinski definition) is 6. The Morgan fingerprint density at radius 2 is 1.81 bits per heavy atom. The van der Waals surface area contributed by atoms with Crippen molar-refractivity contribution in [1.29, 1.82) is 0 Å². The van der Waals surface area contributed by atoms with Crippen LogP contribution >= 0.6 is 11.3 Å². The van der Waals surface area contributed by atoms with Crippen LogP contribution in [0.1, 0.15) is 6.42 Å². The molecule has 156 valence electrons. The zero-order valence-corrected chi connectivity index (χ0v) is 17.5. The van der Waals surface area contributed by atoms with Crippen molar-refractivity contribution in [2.45, 2.75) is 6.42 Å². The van der Waals surface area contributed by atoms with Gasteiger partial charge in [-0.15, -0.1) is 11.3 Å². The van der Waals surface area contributed by atoms with Gasteiger partial charge in [-0.1, -0.05) is 12.1 Å². The van der Waals surface area contributed by atoms with Gasteiger partial charge in [0.25, 0.3) is 5.91 Å². The van der Waals surface area contributed by atoms with Gasteiger partial charge in [0.1, 0.15) is 10.8 Å². The second-order valence-electron chi connectivity index (χ2n) is 7.06. The van der Waals surface area contributed by atoms with Crippen molar-refractivity contribution in [3.63, 3.8) is 0 Å². The molecular formula is C24H20N2O4S. The molecule has 0 aliphatic carbocycles. The van der Waals surface area contributed by atoms with Crippen molar-refractivity contribution in [2.75, 3.05) is 25.1 Å². The highest BCUT2D eigenvalue weighted by molar-refractivity contribution is 7.21. The van der Waals surface area contributed by atoms with Crippen LogP contribution in [0.15, 0.2) is 66.7 Å². The van der Waals surface area contributed by atoms with E-state index in [-0.39, 0.29) is 12.5 Å². The highest BCUT2D eigenvalue weighted by Crippen LogP contribution is 2.33. The third-order valence-corrected chi connectivity index (χ3v) is 5.88. The number of aromatic nitrogens is 1. The van der Waals surface area contributed by atoms with Crippen molar-refractivity contribution in [3.05, 3.63) is 66.7 Å². The van der Waals surface area contributed by atoms with E-state index in [1.807, 2.05) is 42.5 Å². The molecule has 3 aromatic carbocycles. The molecule has 1 aliphatic heterocycles. The molecule has 4 aromatic rings. The predicted molar refractivity (Wildman–Crippen MR) is 121 cm³/mol. The van der Waals surface area contributed by atoms with E-state index in [4.69, 9.17) is 14.2 Å². The molecule has 0 saturated carbocycles. The van der Waals surface area contributed by atoms with Crippen molar-refractivity contribution >= 4 is 33.1 Å². The number of ether oxygens (including phenoxy) is 3. The highest BCUT2D eigenvalue weighted by atomic mass is 32.1. The summed E-state index contributed by atoms with van der Waals surface area (Å²) in [7, 11) is 0. The fourth-order valence-electron chi connectivity index (χ4n) is 3.28. The van der Waals surface area contributed by atoms with E-state index in [0.717, 1.165) is 27.2 Å². The minimum absolute atomic E-state index is 0.0884. The summed E-state index contributed by atoms with van der Waals surface area (Å²) in [5.74, 6) is 1.71. The lowest BCUT2D eigenvalue weighted by atomic mass is 10.2. The first kappa shape index (κ1) is 19.4. The highest BCUT2D eigenvalue weighted by Gasteiger charge is 2.12. The quantitative estimate of drug-likeness (QED) is 0.473. The normalized spacial score (nSPS) is 12.9. The molecule has 0 bridgehead atoms. The average Bonchev–Trinajstić information content (AvgIpc) is 3.09. The third-order valence-electron chi connectivity index (χ3n) is 4.80. The zero-order chi connectivity index (χ0) is 21.0. The molecule has 1 aliphatic rings. The molecule has 1 N–H and O–H groups in total. The zero-order valence-electron chi connectivity index (χ0n) is 16.7. The maximum Gasteiger partial charge on any atom is 0.262 e. The molecule has 1 amide bonds. The Bertz CT molecular complexity index is 1190. The van der Waals surface area contributed by atoms with Crippen LogP contribution in [-0.2, 0) is 4.79 Å². The van der Waals surface area contributed by atoms with Crippen LogP contribution in [0.4, 0.5) is 5.69 Å². The molecule has 0 fully saturated rings. The van der Waals surface area contributed by atoms with E-state index >= 15 is 0 Å². The number of amides is 1. The fourth-order valence-corrected chi connectivity index (χ4v) is 4.25. The second kappa shape index (κ2) is 8.65. The first-order valence-electron chi connectivity index (χ1n) is 10.0. The van der Waals surface area contributed by atoms with Gasteiger partial charge in [0.15, 0.2) is 18.1 Å². The fraction of sp³-hybridized carbons (Fsp3) is 0.167. The lowest BCUT2D eigenvalue weighted by molar-refractivity contribution is -0.118. The number of carbonyl (C=O) groups is 1. The van der Waals surface area contributed by atoms with Crippen LogP contribution in [0.25, 0.3) is 20.8 Å². The smallest absolute Gasteiger partial charge is 0.262 e. The summed E-state index contributed by atoms with van der Waals surface area (Å²) in [5, 5.41) is 3.79. The molecule has 0 spiro atoms. The standard InChI is InChI=1S/C24H20N2O4S/c27-23(25-17-8-11-20-21(14-17)29-13-3-12-28-20)15-30-18-9-6-16(7-10-18)24-26-19-4-1-2-5-22(19)31-24/h1-2,4-11,14H,3,12-13,15H2,(H,25,27). The summed E-state index contributed by atoms with van der Waals surface area (Å²) in [6.07, 6.45) is 0.835. The molecule has 0 atom stereocenters. The van der Waals surface area contributed by atoms with Gasteiger partial charge < -0.3 is 19.5 Å². The van der Waals surface area contributed by atoms with E-state index in [1.54, 1.807) is 29.5 Å². The van der Waals surface area contributed by atoms with E-state index < -0.39 is 0 Å². The third kappa shape index (κ3) is 4.46. The number of thiazole rings is 1. The van der Waals surface area contributed by atoms with Crippen LogP contribution in [-0.4, -0.2) is 30.7 Å². The lowest BCUT2D eigenvalue weighted by Crippen LogP contribution is -2.20. The van der Waals surface area contributed by atoms with Crippen molar-refractivity contribution in [2.24, 2.45) is 0 Å².